The first kappa shape index (κ1) is 25.6. The van der Waals surface area contributed by atoms with E-state index in [1.54, 1.807) is 66.7 Å². The summed E-state index contributed by atoms with van der Waals surface area (Å²) in [6.07, 6.45) is 1.13. The van der Waals surface area contributed by atoms with Gasteiger partial charge in [0.1, 0.15) is 5.75 Å². The number of sulfonamides is 1. The highest BCUT2D eigenvalue weighted by atomic mass is 35.5. The van der Waals surface area contributed by atoms with Crippen molar-refractivity contribution < 1.29 is 17.9 Å². The molecule has 0 aliphatic rings. The molecule has 0 fully saturated rings. The Morgan fingerprint density at radius 1 is 0.861 bits per heavy atom. The number of nitrogens with one attached hydrogen (secondary N) is 1. The molecule has 1 amide bonds. The Hall–Kier alpha value is -3.52. The van der Waals surface area contributed by atoms with E-state index in [1.165, 1.54) is 4.31 Å². The lowest BCUT2D eigenvalue weighted by Gasteiger charge is -2.23. The molecule has 4 rings (SSSR count). The number of para-hydroxylation sites is 1. The zero-order chi connectivity index (χ0) is 25.7. The summed E-state index contributed by atoms with van der Waals surface area (Å²) in [4.78, 5) is 13.0. The molecule has 0 heterocycles. The van der Waals surface area contributed by atoms with Crippen LogP contribution in [0.5, 0.6) is 11.5 Å². The largest absolute Gasteiger partial charge is 0.455 e. The van der Waals surface area contributed by atoms with Crippen LogP contribution in [-0.2, 0) is 16.6 Å². The van der Waals surface area contributed by atoms with E-state index in [4.69, 9.17) is 27.9 Å². The molecule has 0 spiro atoms. The molecule has 0 aliphatic carbocycles. The Labute approximate surface area is 220 Å². The number of anilines is 2. The molecule has 1 N–H and O–H groups in total. The number of halogens is 2. The van der Waals surface area contributed by atoms with Gasteiger partial charge >= 0.3 is 0 Å². The maximum Gasteiger partial charge on any atom is 0.255 e. The third-order valence-corrected chi connectivity index (χ3v) is 6.81. The van der Waals surface area contributed by atoms with E-state index in [2.05, 4.69) is 5.32 Å². The Kier molecular flexibility index (Phi) is 7.84. The van der Waals surface area contributed by atoms with Crippen LogP contribution in [0.3, 0.4) is 0 Å². The summed E-state index contributed by atoms with van der Waals surface area (Å²) in [5.74, 6) is 0.701. The van der Waals surface area contributed by atoms with Crippen molar-refractivity contribution in [2.24, 2.45) is 0 Å². The molecule has 4 aromatic rings. The summed E-state index contributed by atoms with van der Waals surface area (Å²) in [6, 6.07) is 27.5. The van der Waals surface area contributed by atoms with E-state index < -0.39 is 10.0 Å². The van der Waals surface area contributed by atoms with Gasteiger partial charge in [-0.05, 0) is 66.2 Å². The summed E-state index contributed by atoms with van der Waals surface area (Å²) in [7, 11) is -3.57. The number of rotatable bonds is 8. The highest BCUT2D eigenvalue weighted by molar-refractivity contribution is 7.92. The smallest absolute Gasteiger partial charge is 0.255 e. The van der Waals surface area contributed by atoms with Crippen LogP contribution in [-0.4, -0.2) is 20.6 Å². The minimum Gasteiger partial charge on any atom is -0.455 e. The second-order valence-electron chi connectivity index (χ2n) is 7.96. The SMILES string of the molecule is CS(=O)(=O)N(Cc1ccc(C(=O)Nc2cc(Cl)ccc2Oc2ccccc2)cc1)c1cccc(Cl)c1. The van der Waals surface area contributed by atoms with Crippen molar-refractivity contribution in [1.29, 1.82) is 0 Å². The third kappa shape index (κ3) is 6.57. The van der Waals surface area contributed by atoms with Gasteiger partial charge in [-0.3, -0.25) is 9.10 Å². The zero-order valence-electron chi connectivity index (χ0n) is 19.2. The monoisotopic (exact) mass is 540 g/mol. The van der Waals surface area contributed by atoms with Crippen molar-refractivity contribution in [2.45, 2.75) is 6.54 Å². The number of carbonyl (C=O) groups is 1. The molecule has 0 radical (unpaired) electrons. The van der Waals surface area contributed by atoms with Crippen LogP contribution in [0.2, 0.25) is 10.0 Å². The first-order chi connectivity index (χ1) is 17.2. The predicted molar refractivity (Wildman–Crippen MR) is 145 cm³/mol. The van der Waals surface area contributed by atoms with Crippen LogP contribution >= 0.6 is 23.2 Å². The van der Waals surface area contributed by atoms with Gasteiger partial charge in [0.15, 0.2) is 5.75 Å². The number of hydrogen-bond donors (Lipinski definition) is 1. The Morgan fingerprint density at radius 2 is 1.56 bits per heavy atom. The van der Waals surface area contributed by atoms with Gasteiger partial charge < -0.3 is 10.1 Å². The molecule has 0 saturated carbocycles. The molecular formula is C27H22Cl2N2O4S. The minimum absolute atomic E-state index is 0.0877. The molecule has 9 heteroatoms. The van der Waals surface area contributed by atoms with E-state index in [0.29, 0.717) is 44.0 Å². The van der Waals surface area contributed by atoms with Gasteiger partial charge in [0.05, 0.1) is 24.2 Å². The van der Waals surface area contributed by atoms with Crippen molar-refractivity contribution in [3.63, 3.8) is 0 Å². The minimum atomic E-state index is -3.57. The standard InChI is InChI=1S/C27H22Cl2N2O4S/c1-36(33,34)31(23-7-5-6-21(28)16-23)18-19-10-12-20(13-11-19)27(32)30-25-17-22(29)14-15-26(25)35-24-8-3-2-4-9-24/h2-17H,18H2,1H3,(H,30,32). The van der Waals surface area contributed by atoms with Crippen molar-refractivity contribution >= 4 is 50.5 Å². The Morgan fingerprint density at radius 3 is 2.22 bits per heavy atom. The maximum absolute atomic E-state index is 13.0. The molecule has 6 nitrogen and oxygen atoms in total. The molecular weight excluding hydrogens is 519 g/mol. The van der Waals surface area contributed by atoms with Crippen LogP contribution in [0, 0.1) is 0 Å². The highest BCUT2D eigenvalue weighted by Crippen LogP contribution is 2.32. The third-order valence-electron chi connectivity index (χ3n) is 5.20. The van der Waals surface area contributed by atoms with Crippen molar-refractivity contribution in [2.75, 3.05) is 15.9 Å². The molecule has 0 bridgehead atoms. The Balaban J connectivity index is 1.51. The lowest BCUT2D eigenvalue weighted by atomic mass is 10.1. The molecule has 184 valence electrons. The van der Waals surface area contributed by atoms with Gasteiger partial charge in [0.2, 0.25) is 10.0 Å². The fourth-order valence-corrected chi connectivity index (χ4v) is 4.69. The second-order valence-corrected chi connectivity index (χ2v) is 10.7. The summed E-state index contributed by atoms with van der Waals surface area (Å²) < 4.78 is 32.0. The average Bonchev–Trinajstić information content (AvgIpc) is 2.84. The summed E-state index contributed by atoms with van der Waals surface area (Å²) in [5, 5.41) is 3.72. The second kappa shape index (κ2) is 11.0. The van der Waals surface area contributed by atoms with E-state index in [1.807, 2.05) is 30.3 Å². The fourth-order valence-electron chi connectivity index (χ4n) is 3.46. The molecule has 4 aromatic carbocycles. The van der Waals surface area contributed by atoms with E-state index in [0.717, 1.165) is 6.26 Å². The zero-order valence-corrected chi connectivity index (χ0v) is 21.5. The van der Waals surface area contributed by atoms with Gasteiger partial charge in [0, 0.05) is 15.6 Å². The maximum atomic E-state index is 13.0. The van der Waals surface area contributed by atoms with Crippen LogP contribution < -0.4 is 14.4 Å². The highest BCUT2D eigenvalue weighted by Gasteiger charge is 2.19. The molecule has 0 aliphatic heterocycles. The van der Waals surface area contributed by atoms with Crippen LogP contribution in [0.4, 0.5) is 11.4 Å². The number of amides is 1. The molecule has 0 atom stereocenters. The van der Waals surface area contributed by atoms with Crippen LogP contribution in [0.1, 0.15) is 15.9 Å². The number of ether oxygens (including phenoxy) is 1. The molecule has 0 saturated heterocycles. The number of nitrogens with zero attached hydrogens (tertiary/aromatic N) is 1. The Bertz CT molecular complexity index is 1480. The first-order valence-electron chi connectivity index (χ1n) is 10.8. The van der Waals surface area contributed by atoms with Gasteiger partial charge in [-0.15, -0.1) is 0 Å². The van der Waals surface area contributed by atoms with E-state index in [-0.39, 0.29) is 12.5 Å². The van der Waals surface area contributed by atoms with Crippen molar-refractivity contribution in [1.82, 2.24) is 0 Å². The van der Waals surface area contributed by atoms with Gasteiger partial charge in [-0.2, -0.15) is 0 Å². The average molecular weight is 541 g/mol. The number of carbonyl (C=O) groups excluding carboxylic acids is 1. The molecule has 0 aromatic heterocycles. The van der Waals surface area contributed by atoms with E-state index >= 15 is 0 Å². The number of hydrogen-bond acceptors (Lipinski definition) is 4. The lowest BCUT2D eigenvalue weighted by Crippen LogP contribution is -2.29. The topological polar surface area (TPSA) is 75.7 Å². The molecule has 0 unspecified atom stereocenters. The summed E-state index contributed by atoms with van der Waals surface area (Å²) in [6.45, 7) is 0.0877. The van der Waals surface area contributed by atoms with Crippen molar-refractivity contribution in [3.8, 4) is 11.5 Å². The summed E-state index contributed by atoms with van der Waals surface area (Å²) >= 11 is 12.2. The van der Waals surface area contributed by atoms with E-state index in [9.17, 15) is 13.2 Å². The molecule has 36 heavy (non-hydrogen) atoms. The summed E-state index contributed by atoms with van der Waals surface area (Å²) in [5.41, 5.74) is 1.97. The predicted octanol–water partition coefficient (Wildman–Crippen LogP) is 7.00. The van der Waals surface area contributed by atoms with Gasteiger partial charge in [0.25, 0.3) is 5.91 Å². The van der Waals surface area contributed by atoms with Crippen molar-refractivity contribution in [3.05, 3.63) is 118 Å². The van der Waals surface area contributed by atoms with Crippen LogP contribution in [0.15, 0.2) is 97.1 Å². The van der Waals surface area contributed by atoms with Gasteiger partial charge in [-0.1, -0.05) is 59.6 Å². The quantitative estimate of drug-likeness (QED) is 0.261. The van der Waals surface area contributed by atoms with Gasteiger partial charge in [-0.25, -0.2) is 8.42 Å². The lowest BCUT2D eigenvalue weighted by molar-refractivity contribution is 0.102. The fraction of sp³-hybridized carbons (Fsp3) is 0.0741. The number of benzene rings is 4. The van der Waals surface area contributed by atoms with Crippen LogP contribution in [0.25, 0.3) is 0 Å². The first-order valence-corrected chi connectivity index (χ1v) is 13.5. The normalized spacial score (nSPS) is 11.1.